The Hall–Kier alpha value is -3.64. The van der Waals surface area contributed by atoms with Crippen molar-refractivity contribution in [1.29, 1.82) is 0 Å². The van der Waals surface area contributed by atoms with Crippen LogP contribution in [0.2, 0.25) is 0 Å². The van der Waals surface area contributed by atoms with Gasteiger partial charge in [-0.3, -0.25) is 9.69 Å². The van der Waals surface area contributed by atoms with Crippen molar-refractivity contribution >= 4 is 17.6 Å². The lowest BCUT2D eigenvalue weighted by Gasteiger charge is -2.37. The summed E-state index contributed by atoms with van der Waals surface area (Å²) in [7, 11) is 0. The van der Waals surface area contributed by atoms with E-state index in [0.29, 0.717) is 13.1 Å². The maximum Gasteiger partial charge on any atom is 0.326 e. The lowest BCUT2D eigenvalue weighted by atomic mass is 9.83. The van der Waals surface area contributed by atoms with Crippen molar-refractivity contribution < 1.29 is 9.59 Å². The molecule has 33 heavy (non-hydrogen) atoms. The van der Waals surface area contributed by atoms with Crippen LogP contribution in [0.5, 0.6) is 0 Å². The van der Waals surface area contributed by atoms with Gasteiger partial charge in [-0.25, -0.2) is 9.69 Å². The number of para-hydroxylation sites is 1. The van der Waals surface area contributed by atoms with Crippen molar-refractivity contribution in [2.45, 2.75) is 12.0 Å². The van der Waals surface area contributed by atoms with Crippen molar-refractivity contribution in [3.8, 4) is 0 Å². The highest BCUT2D eigenvalue weighted by molar-refractivity contribution is 6.07. The number of hydrogen-bond acceptors (Lipinski definition) is 4. The molecular weight excluding hydrogens is 412 g/mol. The molecule has 0 radical (unpaired) electrons. The van der Waals surface area contributed by atoms with Gasteiger partial charge in [-0.1, -0.05) is 78.9 Å². The van der Waals surface area contributed by atoms with E-state index in [0.717, 1.165) is 37.3 Å². The molecule has 0 aliphatic carbocycles. The Kier molecular flexibility index (Phi) is 5.84. The van der Waals surface area contributed by atoms with E-state index in [2.05, 4.69) is 27.2 Å². The summed E-state index contributed by atoms with van der Waals surface area (Å²) in [4.78, 5) is 32.8. The van der Waals surface area contributed by atoms with Crippen LogP contribution in [-0.2, 0) is 16.8 Å². The summed E-state index contributed by atoms with van der Waals surface area (Å²) in [5.41, 5.74) is 1.93. The van der Waals surface area contributed by atoms with Crippen molar-refractivity contribution in [2.24, 2.45) is 0 Å². The molecule has 2 fully saturated rings. The van der Waals surface area contributed by atoms with E-state index in [1.807, 2.05) is 78.9 Å². The normalized spacial score (nSPS) is 21.3. The molecule has 2 heterocycles. The van der Waals surface area contributed by atoms with Gasteiger partial charge in [-0.2, -0.15) is 0 Å². The molecular formula is C27H28N4O2. The Morgan fingerprint density at radius 2 is 1.30 bits per heavy atom. The van der Waals surface area contributed by atoms with Gasteiger partial charge >= 0.3 is 6.03 Å². The molecule has 5 rings (SSSR count). The maximum absolute atomic E-state index is 13.8. The second kappa shape index (κ2) is 9.08. The van der Waals surface area contributed by atoms with Crippen LogP contribution < -0.4 is 10.2 Å². The number of urea groups is 1. The van der Waals surface area contributed by atoms with Gasteiger partial charge in [0.2, 0.25) is 0 Å². The Labute approximate surface area is 194 Å². The summed E-state index contributed by atoms with van der Waals surface area (Å²) in [6.07, 6.45) is 0.417. The fourth-order valence-electron chi connectivity index (χ4n) is 4.78. The molecule has 168 valence electrons. The molecule has 1 unspecified atom stereocenters. The molecule has 3 aromatic carbocycles. The molecule has 0 bridgehead atoms. The first kappa shape index (κ1) is 21.2. The first-order valence-corrected chi connectivity index (χ1v) is 11.4. The smallest absolute Gasteiger partial charge is 0.326 e. The third-order valence-electron chi connectivity index (χ3n) is 6.59. The Morgan fingerprint density at radius 3 is 1.94 bits per heavy atom. The second-order valence-electron chi connectivity index (χ2n) is 8.68. The van der Waals surface area contributed by atoms with Crippen LogP contribution in [0, 0.1) is 0 Å². The first-order chi connectivity index (χ1) is 16.2. The summed E-state index contributed by atoms with van der Waals surface area (Å²) >= 11 is 0. The number of rotatable bonds is 6. The van der Waals surface area contributed by atoms with Crippen molar-refractivity contribution in [3.63, 3.8) is 0 Å². The molecule has 3 aromatic rings. The van der Waals surface area contributed by atoms with Gasteiger partial charge in [0.05, 0.1) is 6.67 Å². The largest absolute Gasteiger partial charge is 0.369 e. The number of nitrogens with zero attached hydrogens (tertiary/aromatic N) is 3. The number of amides is 3. The van der Waals surface area contributed by atoms with Crippen molar-refractivity contribution in [3.05, 3.63) is 102 Å². The highest BCUT2D eigenvalue weighted by Crippen LogP contribution is 2.33. The minimum atomic E-state index is -1.09. The standard InChI is InChI=1S/C27H28N4O2/c32-25-27(23-12-6-2-7-13-23,20-22-10-4-1-5-11-22)28-26(33)31(25)21-29-16-18-30(19-17-29)24-14-8-3-9-15-24/h1-15H,16-21H2,(H,28,33). The van der Waals surface area contributed by atoms with Gasteiger partial charge in [0, 0.05) is 38.3 Å². The Morgan fingerprint density at radius 1 is 0.727 bits per heavy atom. The number of imide groups is 1. The minimum absolute atomic E-state index is 0.187. The molecule has 1 N–H and O–H groups in total. The highest BCUT2D eigenvalue weighted by atomic mass is 16.2. The summed E-state index contributed by atoms with van der Waals surface area (Å²) in [5, 5.41) is 3.06. The number of nitrogens with one attached hydrogen (secondary N) is 1. The molecule has 2 saturated heterocycles. The lowest BCUT2D eigenvalue weighted by Crippen LogP contribution is -2.52. The van der Waals surface area contributed by atoms with Crippen LogP contribution in [0.15, 0.2) is 91.0 Å². The van der Waals surface area contributed by atoms with Crippen LogP contribution in [0.4, 0.5) is 10.5 Å². The quantitative estimate of drug-likeness (QED) is 0.597. The van der Waals surface area contributed by atoms with Gasteiger partial charge in [0.15, 0.2) is 5.54 Å². The summed E-state index contributed by atoms with van der Waals surface area (Å²) in [6.45, 7) is 3.62. The number of piperazine rings is 1. The second-order valence-corrected chi connectivity index (χ2v) is 8.68. The van der Waals surface area contributed by atoms with E-state index in [1.54, 1.807) is 0 Å². The van der Waals surface area contributed by atoms with Crippen molar-refractivity contribution in [2.75, 3.05) is 37.7 Å². The molecule has 6 nitrogen and oxygen atoms in total. The van der Waals surface area contributed by atoms with Crippen LogP contribution in [0.1, 0.15) is 11.1 Å². The zero-order valence-electron chi connectivity index (χ0n) is 18.6. The first-order valence-electron chi connectivity index (χ1n) is 11.4. The Bertz CT molecular complexity index is 1100. The number of anilines is 1. The van der Waals surface area contributed by atoms with Crippen LogP contribution in [0.3, 0.4) is 0 Å². The molecule has 0 spiro atoms. The zero-order valence-corrected chi connectivity index (χ0v) is 18.6. The fraction of sp³-hybridized carbons (Fsp3) is 0.259. The molecule has 0 aromatic heterocycles. The van der Waals surface area contributed by atoms with Crippen LogP contribution in [-0.4, -0.2) is 54.6 Å². The van der Waals surface area contributed by atoms with Gasteiger partial charge in [-0.15, -0.1) is 0 Å². The van der Waals surface area contributed by atoms with E-state index in [4.69, 9.17) is 0 Å². The lowest BCUT2D eigenvalue weighted by molar-refractivity contribution is -0.133. The molecule has 1 atom stereocenters. The number of benzene rings is 3. The van der Waals surface area contributed by atoms with E-state index < -0.39 is 5.54 Å². The van der Waals surface area contributed by atoms with E-state index >= 15 is 0 Å². The topological polar surface area (TPSA) is 55.9 Å². The van der Waals surface area contributed by atoms with Crippen LogP contribution in [0.25, 0.3) is 0 Å². The van der Waals surface area contributed by atoms with Crippen molar-refractivity contribution in [1.82, 2.24) is 15.1 Å². The fourth-order valence-corrected chi connectivity index (χ4v) is 4.78. The minimum Gasteiger partial charge on any atom is -0.369 e. The highest BCUT2D eigenvalue weighted by Gasteiger charge is 2.52. The SMILES string of the molecule is O=C1NC(Cc2ccccc2)(c2ccccc2)C(=O)N1CN1CCN(c2ccccc2)CC1. The van der Waals surface area contributed by atoms with Gasteiger partial charge in [0.1, 0.15) is 0 Å². The number of hydrogen-bond donors (Lipinski definition) is 1. The molecule has 0 saturated carbocycles. The zero-order chi connectivity index (χ0) is 22.7. The average molecular weight is 441 g/mol. The average Bonchev–Trinajstić information content (AvgIpc) is 3.11. The molecule has 6 heteroatoms. The van der Waals surface area contributed by atoms with E-state index in [1.165, 1.54) is 10.6 Å². The summed E-state index contributed by atoms with van der Waals surface area (Å²) < 4.78 is 0. The van der Waals surface area contributed by atoms with E-state index in [-0.39, 0.29) is 11.9 Å². The van der Waals surface area contributed by atoms with Gasteiger partial charge in [-0.05, 0) is 23.3 Å². The molecule has 3 amide bonds. The third-order valence-corrected chi connectivity index (χ3v) is 6.59. The molecule has 2 aliphatic rings. The summed E-state index contributed by atoms with van der Waals surface area (Å²) in [6, 6.07) is 29.5. The number of carbonyl (C=O) groups excluding carboxylic acids is 2. The Balaban J connectivity index is 1.33. The van der Waals surface area contributed by atoms with E-state index in [9.17, 15) is 9.59 Å². The molecule has 2 aliphatic heterocycles. The summed E-state index contributed by atoms with van der Waals surface area (Å²) in [5.74, 6) is -0.187. The maximum atomic E-state index is 13.8. The third kappa shape index (κ3) is 4.22. The van der Waals surface area contributed by atoms with Gasteiger partial charge in [0.25, 0.3) is 5.91 Å². The monoisotopic (exact) mass is 440 g/mol. The number of carbonyl (C=O) groups is 2. The predicted molar refractivity (Wildman–Crippen MR) is 129 cm³/mol. The van der Waals surface area contributed by atoms with Gasteiger partial charge < -0.3 is 10.2 Å². The predicted octanol–water partition coefficient (Wildman–Crippen LogP) is 3.46. The van der Waals surface area contributed by atoms with Crippen LogP contribution >= 0.6 is 0 Å².